The minimum atomic E-state index is 0.805. The van der Waals surface area contributed by atoms with Crippen LogP contribution in [-0.2, 0) is 0 Å². The maximum Gasteiger partial charge on any atom is 0.0596 e. The van der Waals surface area contributed by atoms with Gasteiger partial charge in [-0.1, -0.05) is 31.3 Å². The summed E-state index contributed by atoms with van der Waals surface area (Å²) in [6.07, 6.45) is 8.86. The van der Waals surface area contributed by atoms with Crippen LogP contribution < -0.4 is 0 Å². The van der Waals surface area contributed by atoms with E-state index in [9.17, 15) is 0 Å². The molecule has 16 heavy (non-hydrogen) atoms. The topological polar surface area (TPSA) is 35.8 Å². The third-order valence-corrected chi connectivity index (χ3v) is 4.38. The lowest BCUT2D eigenvalue weighted by molar-refractivity contribution is 0.0994. The highest BCUT2D eigenvalue weighted by Crippen LogP contribution is 2.31. The zero-order chi connectivity index (χ0) is 11.4. The summed E-state index contributed by atoms with van der Waals surface area (Å²) >= 11 is 0. The van der Waals surface area contributed by atoms with E-state index in [1.807, 2.05) is 0 Å². The molecular weight excluding hydrogens is 200 g/mol. The van der Waals surface area contributed by atoms with E-state index in [2.05, 4.69) is 17.0 Å². The summed E-state index contributed by atoms with van der Waals surface area (Å²) < 4.78 is 0. The van der Waals surface area contributed by atoms with Gasteiger partial charge in [0.1, 0.15) is 0 Å². The standard InChI is InChI=1S/C13H24N2O/c1-2-11-5-3-4-6-13(11)15-9-7-12(14-16)8-10-15/h11,13,16H,2-10H2,1H3. The normalized spacial score (nSPS) is 32.7. The number of rotatable bonds is 2. The summed E-state index contributed by atoms with van der Waals surface area (Å²) in [5.74, 6) is 0.904. The average Bonchev–Trinajstić information content (AvgIpc) is 2.39. The molecule has 1 saturated carbocycles. The minimum Gasteiger partial charge on any atom is -0.411 e. The number of hydrogen-bond donors (Lipinski definition) is 1. The molecule has 0 bridgehead atoms. The Balaban J connectivity index is 1.91. The monoisotopic (exact) mass is 224 g/mol. The third-order valence-electron chi connectivity index (χ3n) is 4.38. The van der Waals surface area contributed by atoms with Crippen LogP contribution >= 0.6 is 0 Å². The Morgan fingerprint density at radius 2 is 1.94 bits per heavy atom. The fourth-order valence-electron chi connectivity index (χ4n) is 3.36. The van der Waals surface area contributed by atoms with E-state index in [0.29, 0.717) is 0 Å². The second kappa shape index (κ2) is 5.67. The van der Waals surface area contributed by atoms with Gasteiger partial charge in [0.15, 0.2) is 0 Å². The Bertz CT molecular complexity index is 242. The molecule has 2 unspecified atom stereocenters. The number of nitrogens with zero attached hydrogens (tertiary/aromatic N) is 2. The Kier molecular flexibility index (Phi) is 4.22. The Morgan fingerprint density at radius 1 is 1.25 bits per heavy atom. The predicted molar refractivity (Wildman–Crippen MR) is 66.1 cm³/mol. The van der Waals surface area contributed by atoms with E-state index in [1.165, 1.54) is 32.1 Å². The quantitative estimate of drug-likeness (QED) is 0.578. The zero-order valence-electron chi connectivity index (χ0n) is 10.4. The van der Waals surface area contributed by atoms with Crippen molar-refractivity contribution in [1.29, 1.82) is 0 Å². The molecule has 1 heterocycles. The maximum absolute atomic E-state index is 8.76. The van der Waals surface area contributed by atoms with Crippen LogP contribution in [0.1, 0.15) is 51.9 Å². The SMILES string of the molecule is CCC1CCCCC1N1CCC(=NO)CC1. The molecule has 0 radical (unpaired) electrons. The van der Waals surface area contributed by atoms with Gasteiger partial charge in [-0.2, -0.15) is 0 Å². The van der Waals surface area contributed by atoms with Crippen LogP contribution in [0.25, 0.3) is 0 Å². The van der Waals surface area contributed by atoms with Crippen molar-refractivity contribution in [2.24, 2.45) is 11.1 Å². The van der Waals surface area contributed by atoms with Gasteiger partial charge >= 0.3 is 0 Å². The summed E-state index contributed by atoms with van der Waals surface area (Å²) in [5.41, 5.74) is 0.986. The molecule has 1 aliphatic carbocycles. The molecule has 1 N–H and O–H groups in total. The highest BCUT2D eigenvalue weighted by molar-refractivity contribution is 5.84. The highest BCUT2D eigenvalue weighted by atomic mass is 16.4. The molecule has 0 aromatic rings. The van der Waals surface area contributed by atoms with E-state index in [1.54, 1.807) is 0 Å². The molecule has 1 saturated heterocycles. The largest absolute Gasteiger partial charge is 0.411 e. The van der Waals surface area contributed by atoms with Gasteiger partial charge in [-0.05, 0) is 18.8 Å². The average molecular weight is 224 g/mol. The van der Waals surface area contributed by atoms with Crippen molar-refractivity contribution in [3.05, 3.63) is 0 Å². The molecule has 2 atom stereocenters. The lowest BCUT2D eigenvalue weighted by atomic mass is 9.81. The second-order valence-corrected chi connectivity index (χ2v) is 5.22. The Morgan fingerprint density at radius 3 is 2.56 bits per heavy atom. The minimum absolute atomic E-state index is 0.805. The molecule has 1 aliphatic heterocycles. The van der Waals surface area contributed by atoms with E-state index in [-0.39, 0.29) is 0 Å². The van der Waals surface area contributed by atoms with Crippen LogP contribution in [0.2, 0.25) is 0 Å². The van der Waals surface area contributed by atoms with E-state index >= 15 is 0 Å². The Hall–Kier alpha value is -0.570. The lowest BCUT2D eigenvalue weighted by Crippen LogP contribution is -2.46. The molecule has 0 aromatic heterocycles. The Labute approximate surface area is 98.5 Å². The molecule has 92 valence electrons. The van der Waals surface area contributed by atoms with Gasteiger partial charge in [0.2, 0.25) is 0 Å². The van der Waals surface area contributed by atoms with Crippen LogP contribution in [0.3, 0.4) is 0 Å². The molecule has 2 rings (SSSR count). The van der Waals surface area contributed by atoms with Crippen molar-refractivity contribution >= 4 is 5.71 Å². The second-order valence-electron chi connectivity index (χ2n) is 5.22. The predicted octanol–water partition coefficient (Wildman–Crippen LogP) is 2.88. The fourth-order valence-corrected chi connectivity index (χ4v) is 3.36. The first-order valence-electron chi connectivity index (χ1n) is 6.79. The highest BCUT2D eigenvalue weighted by Gasteiger charge is 2.30. The van der Waals surface area contributed by atoms with Gasteiger partial charge in [-0.25, -0.2) is 0 Å². The number of piperidine rings is 1. The van der Waals surface area contributed by atoms with Gasteiger partial charge < -0.3 is 5.21 Å². The van der Waals surface area contributed by atoms with Gasteiger partial charge in [0.05, 0.1) is 5.71 Å². The lowest BCUT2D eigenvalue weighted by Gasteiger charge is -2.41. The first kappa shape index (κ1) is 11.9. The first-order valence-corrected chi connectivity index (χ1v) is 6.79. The summed E-state index contributed by atoms with van der Waals surface area (Å²) in [5, 5.41) is 12.1. The molecule has 2 aliphatic rings. The molecule has 0 spiro atoms. The molecule has 3 heteroatoms. The van der Waals surface area contributed by atoms with Crippen LogP contribution in [0, 0.1) is 5.92 Å². The van der Waals surface area contributed by atoms with Gasteiger partial charge in [0, 0.05) is 32.0 Å². The van der Waals surface area contributed by atoms with Crippen LogP contribution in [0.5, 0.6) is 0 Å². The van der Waals surface area contributed by atoms with Crippen molar-refractivity contribution in [2.75, 3.05) is 13.1 Å². The fraction of sp³-hybridized carbons (Fsp3) is 0.923. The van der Waals surface area contributed by atoms with Gasteiger partial charge in [0.25, 0.3) is 0 Å². The van der Waals surface area contributed by atoms with Crippen molar-refractivity contribution in [3.8, 4) is 0 Å². The van der Waals surface area contributed by atoms with E-state index in [4.69, 9.17) is 5.21 Å². The van der Waals surface area contributed by atoms with E-state index in [0.717, 1.165) is 43.6 Å². The van der Waals surface area contributed by atoms with Crippen LogP contribution in [-0.4, -0.2) is 35.0 Å². The van der Waals surface area contributed by atoms with Gasteiger partial charge in [-0.3, -0.25) is 4.90 Å². The zero-order valence-corrected chi connectivity index (χ0v) is 10.4. The van der Waals surface area contributed by atoms with Gasteiger partial charge in [-0.15, -0.1) is 0 Å². The van der Waals surface area contributed by atoms with Crippen LogP contribution in [0.15, 0.2) is 5.16 Å². The third kappa shape index (κ3) is 2.57. The maximum atomic E-state index is 8.76. The number of hydrogen-bond acceptors (Lipinski definition) is 3. The molecule has 2 fully saturated rings. The molecule has 3 nitrogen and oxygen atoms in total. The van der Waals surface area contributed by atoms with Crippen LogP contribution in [0.4, 0.5) is 0 Å². The summed E-state index contributed by atoms with van der Waals surface area (Å²) in [6.45, 7) is 4.52. The molecule has 0 aromatic carbocycles. The van der Waals surface area contributed by atoms with E-state index < -0.39 is 0 Å². The van der Waals surface area contributed by atoms with Crippen molar-refractivity contribution in [3.63, 3.8) is 0 Å². The summed E-state index contributed by atoms with van der Waals surface area (Å²) in [7, 11) is 0. The number of oxime groups is 1. The first-order chi connectivity index (χ1) is 7.85. The number of likely N-dealkylation sites (tertiary alicyclic amines) is 1. The molecular formula is C13H24N2O. The summed E-state index contributed by atoms with van der Waals surface area (Å²) in [4.78, 5) is 2.64. The van der Waals surface area contributed by atoms with Crippen molar-refractivity contribution in [1.82, 2.24) is 4.90 Å². The smallest absolute Gasteiger partial charge is 0.0596 e. The van der Waals surface area contributed by atoms with Crippen molar-refractivity contribution in [2.45, 2.75) is 57.9 Å². The van der Waals surface area contributed by atoms with Crippen molar-refractivity contribution < 1.29 is 5.21 Å². The molecule has 0 amide bonds. The summed E-state index contributed by atoms with van der Waals surface area (Å²) in [6, 6.07) is 0.805.